The van der Waals surface area contributed by atoms with Gasteiger partial charge >= 0.3 is 5.97 Å². The normalized spacial score (nSPS) is 9.86. The first-order valence-corrected chi connectivity index (χ1v) is 3.96. The Morgan fingerprint density at radius 1 is 1.57 bits per heavy atom. The molecule has 1 heterocycles. The summed E-state index contributed by atoms with van der Waals surface area (Å²) in [7, 11) is 3.26. The number of aromatic nitrogens is 2. The van der Waals surface area contributed by atoms with Crippen LogP contribution in [0.5, 0.6) is 0 Å². The minimum absolute atomic E-state index is 0.0558. The minimum Gasteiger partial charge on any atom is -0.478 e. The molecule has 0 unspecified atom stereocenters. The first kappa shape index (κ1) is 10.2. The van der Waals surface area contributed by atoms with Gasteiger partial charge in [0.05, 0.1) is 11.8 Å². The summed E-state index contributed by atoms with van der Waals surface area (Å²) in [4.78, 5) is 23.1. The van der Waals surface area contributed by atoms with Crippen molar-refractivity contribution in [3.63, 3.8) is 0 Å². The molecule has 0 aliphatic carbocycles. The van der Waals surface area contributed by atoms with Crippen LogP contribution in [0.4, 0.5) is 0 Å². The van der Waals surface area contributed by atoms with Crippen molar-refractivity contribution in [3.05, 3.63) is 18.0 Å². The lowest BCUT2D eigenvalue weighted by atomic mass is 10.4. The van der Waals surface area contributed by atoms with Gasteiger partial charge in [-0.3, -0.25) is 9.48 Å². The summed E-state index contributed by atoms with van der Waals surface area (Å²) in [6, 6.07) is 0. The molecule has 0 bridgehead atoms. The van der Waals surface area contributed by atoms with E-state index < -0.39 is 5.97 Å². The van der Waals surface area contributed by atoms with Crippen LogP contribution in [0.25, 0.3) is 0 Å². The number of carbonyl (C=O) groups is 2. The molecule has 0 saturated carbocycles. The van der Waals surface area contributed by atoms with Crippen molar-refractivity contribution in [2.45, 2.75) is 6.54 Å². The van der Waals surface area contributed by atoms with Gasteiger partial charge in [0.25, 0.3) is 0 Å². The molecule has 0 atom stereocenters. The van der Waals surface area contributed by atoms with Crippen LogP contribution in [0.3, 0.4) is 0 Å². The van der Waals surface area contributed by atoms with E-state index in [4.69, 9.17) is 5.11 Å². The third-order valence-electron chi connectivity index (χ3n) is 1.68. The zero-order valence-electron chi connectivity index (χ0n) is 7.97. The predicted octanol–water partition coefficient (Wildman–Crippen LogP) is -0.331. The van der Waals surface area contributed by atoms with Crippen LogP contribution >= 0.6 is 0 Å². The van der Waals surface area contributed by atoms with Crippen molar-refractivity contribution in [1.82, 2.24) is 14.7 Å². The summed E-state index contributed by atoms with van der Waals surface area (Å²) >= 11 is 0. The summed E-state index contributed by atoms with van der Waals surface area (Å²) in [6.45, 7) is 0.0558. The first-order chi connectivity index (χ1) is 6.50. The van der Waals surface area contributed by atoms with Crippen LogP contribution in [-0.2, 0) is 11.3 Å². The number of carboxylic acid groups (broad SMARTS) is 1. The molecule has 1 amide bonds. The molecule has 0 fully saturated rings. The quantitative estimate of drug-likeness (QED) is 0.719. The van der Waals surface area contributed by atoms with Crippen molar-refractivity contribution in [2.24, 2.45) is 0 Å². The Hall–Kier alpha value is -1.85. The molecule has 0 aliphatic rings. The van der Waals surface area contributed by atoms with E-state index in [2.05, 4.69) is 5.10 Å². The standard InChI is InChI=1S/C8H11N3O3/c1-10(2)7(12)5-11-4-6(3-9-11)8(13)14/h3-4H,5H2,1-2H3,(H,13,14). The lowest BCUT2D eigenvalue weighted by Crippen LogP contribution is -2.26. The van der Waals surface area contributed by atoms with Crippen LogP contribution in [0, 0.1) is 0 Å². The Labute approximate surface area is 80.7 Å². The van der Waals surface area contributed by atoms with Gasteiger partial charge in [-0.2, -0.15) is 5.10 Å². The van der Waals surface area contributed by atoms with Gasteiger partial charge in [-0.15, -0.1) is 0 Å². The third-order valence-corrected chi connectivity index (χ3v) is 1.68. The highest BCUT2D eigenvalue weighted by Gasteiger charge is 2.09. The second-order valence-electron chi connectivity index (χ2n) is 3.02. The van der Waals surface area contributed by atoms with E-state index in [1.165, 1.54) is 22.0 Å². The van der Waals surface area contributed by atoms with Crippen molar-refractivity contribution < 1.29 is 14.7 Å². The maximum absolute atomic E-state index is 11.2. The van der Waals surface area contributed by atoms with Crippen LogP contribution in [0.15, 0.2) is 12.4 Å². The molecule has 0 radical (unpaired) electrons. The summed E-state index contributed by atoms with van der Waals surface area (Å²) in [5, 5.41) is 12.3. The van der Waals surface area contributed by atoms with Crippen LogP contribution in [0.2, 0.25) is 0 Å². The van der Waals surface area contributed by atoms with Gasteiger partial charge in [-0.1, -0.05) is 0 Å². The summed E-state index contributed by atoms with van der Waals surface area (Å²) in [5.41, 5.74) is 0.0801. The van der Waals surface area contributed by atoms with Crippen LogP contribution in [-0.4, -0.2) is 45.8 Å². The molecule has 6 nitrogen and oxygen atoms in total. The molecule has 0 aliphatic heterocycles. The molecule has 1 aromatic rings. The van der Waals surface area contributed by atoms with Gasteiger partial charge in [-0.25, -0.2) is 4.79 Å². The molecule has 1 aromatic heterocycles. The van der Waals surface area contributed by atoms with E-state index >= 15 is 0 Å². The van der Waals surface area contributed by atoms with Gasteiger partial charge in [0, 0.05) is 20.3 Å². The number of likely N-dealkylation sites (N-methyl/N-ethyl adjacent to an activating group) is 1. The lowest BCUT2D eigenvalue weighted by Gasteiger charge is -2.09. The highest BCUT2D eigenvalue weighted by Crippen LogP contribution is 1.97. The topological polar surface area (TPSA) is 75.4 Å². The lowest BCUT2D eigenvalue weighted by molar-refractivity contribution is -0.129. The Morgan fingerprint density at radius 2 is 2.21 bits per heavy atom. The maximum Gasteiger partial charge on any atom is 0.338 e. The fraction of sp³-hybridized carbons (Fsp3) is 0.375. The van der Waals surface area contributed by atoms with Crippen LogP contribution < -0.4 is 0 Å². The third kappa shape index (κ3) is 2.32. The maximum atomic E-state index is 11.2. The van der Waals surface area contributed by atoms with E-state index in [-0.39, 0.29) is 18.0 Å². The van der Waals surface area contributed by atoms with E-state index in [0.717, 1.165) is 0 Å². The SMILES string of the molecule is CN(C)C(=O)Cn1cc(C(=O)O)cn1. The Morgan fingerprint density at radius 3 is 2.64 bits per heavy atom. The molecule has 6 heteroatoms. The van der Waals surface area contributed by atoms with E-state index in [1.54, 1.807) is 14.1 Å². The molecule has 76 valence electrons. The Balaban J connectivity index is 2.69. The molecular formula is C8H11N3O3. The fourth-order valence-electron chi connectivity index (χ4n) is 0.840. The predicted molar refractivity (Wildman–Crippen MR) is 47.9 cm³/mol. The first-order valence-electron chi connectivity index (χ1n) is 3.96. The highest BCUT2D eigenvalue weighted by atomic mass is 16.4. The molecule has 0 spiro atoms. The van der Waals surface area contributed by atoms with Crippen molar-refractivity contribution in [2.75, 3.05) is 14.1 Å². The molecule has 1 N–H and O–H groups in total. The monoisotopic (exact) mass is 197 g/mol. The zero-order valence-corrected chi connectivity index (χ0v) is 7.97. The second kappa shape index (κ2) is 3.91. The average molecular weight is 197 g/mol. The highest BCUT2D eigenvalue weighted by molar-refractivity contribution is 5.87. The molecular weight excluding hydrogens is 186 g/mol. The number of hydrogen-bond acceptors (Lipinski definition) is 3. The number of nitrogens with zero attached hydrogens (tertiary/aromatic N) is 3. The van der Waals surface area contributed by atoms with E-state index in [0.29, 0.717) is 0 Å². The zero-order chi connectivity index (χ0) is 10.7. The number of carboxylic acids is 1. The van der Waals surface area contributed by atoms with Gasteiger partial charge in [-0.05, 0) is 0 Å². The summed E-state index contributed by atoms with van der Waals surface area (Å²) in [6.07, 6.45) is 2.54. The van der Waals surface area contributed by atoms with E-state index in [1.807, 2.05) is 0 Å². The van der Waals surface area contributed by atoms with E-state index in [9.17, 15) is 9.59 Å². The molecule has 14 heavy (non-hydrogen) atoms. The van der Waals surface area contributed by atoms with Gasteiger partial charge in [0.1, 0.15) is 6.54 Å². The van der Waals surface area contributed by atoms with Crippen molar-refractivity contribution >= 4 is 11.9 Å². The Kier molecular flexibility index (Phi) is 2.85. The largest absolute Gasteiger partial charge is 0.478 e. The molecule has 0 saturated heterocycles. The summed E-state index contributed by atoms with van der Waals surface area (Å²) < 4.78 is 1.30. The number of amides is 1. The molecule has 1 rings (SSSR count). The fourth-order valence-corrected chi connectivity index (χ4v) is 0.840. The number of rotatable bonds is 3. The summed E-state index contributed by atoms with van der Waals surface area (Å²) in [5.74, 6) is -1.18. The smallest absolute Gasteiger partial charge is 0.338 e. The average Bonchev–Trinajstić information content (AvgIpc) is 2.52. The minimum atomic E-state index is -1.05. The van der Waals surface area contributed by atoms with Crippen molar-refractivity contribution in [1.29, 1.82) is 0 Å². The van der Waals surface area contributed by atoms with Crippen molar-refractivity contribution in [3.8, 4) is 0 Å². The number of aromatic carboxylic acids is 1. The van der Waals surface area contributed by atoms with Gasteiger partial charge < -0.3 is 10.0 Å². The van der Waals surface area contributed by atoms with Gasteiger partial charge in [0.2, 0.25) is 5.91 Å². The molecule has 0 aromatic carbocycles. The second-order valence-corrected chi connectivity index (χ2v) is 3.02. The van der Waals surface area contributed by atoms with Gasteiger partial charge in [0.15, 0.2) is 0 Å². The number of carbonyl (C=O) groups excluding carboxylic acids is 1. The number of hydrogen-bond donors (Lipinski definition) is 1. The van der Waals surface area contributed by atoms with Crippen LogP contribution in [0.1, 0.15) is 10.4 Å². The Bertz CT molecular complexity index is 356.